The Morgan fingerprint density at radius 3 is 2.59 bits per heavy atom. The van der Waals surface area contributed by atoms with E-state index < -0.39 is 0 Å². The molecular formula is C23H23N3O3. The Bertz CT molecular complexity index is 1160. The Hall–Kier alpha value is -3.41. The van der Waals surface area contributed by atoms with Crippen molar-refractivity contribution in [1.82, 2.24) is 4.57 Å². The number of amides is 2. The van der Waals surface area contributed by atoms with Crippen molar-refractivity contribution in [2.24, 2.45) is 7.05 Å². The van der Waals surface area contributed by atoms with Gasteiger partial charge in [0, 0.05) is 36.7 Å². The van der Waals surface area contributed by atoms with Crippen LogP contribution in [0.5, 0.6) is 0 Å². The summed E-state index contributed by atoms with van der Waals surface area (Å²) >= 11 is 0. The SMILES string of the molecule is CC(=O)c1cccc(NC(=O)c2c(N3CCCC3=O)c3cc(C)ccc3n2C)c1. The molecule has 2 aromatic carbocycles. The number of nitrogens with one attached hydrogen (secondary N) is 1. The lowest BCUT2D eigenvalue weighted by Crippen LogP contribution is -2.27. The Morgan fingerprint density at radius 2 is 1.90 bits per heavy atom. The molecule has 1 saturated heterocycles. The molecule has 1 aromatic heterocycles. The van der Waals surface area contributed by atoms with Crippen LogP contribution in [0, 0.1) is 6.92 Å². The van der Waals surface area contributed by atoms with Crippen molar-refractivity contribution in [3.8, 4) is 0 Å². The zero-order chi connectivity index (χ0) is 20.7. The number of nitrogens with zero attached hydrogens (tertiary/aromatic N) is 2. The minimum absolute atomic E-state index is 0.0339. The third-order valence-electron chi connectivity index (χ3n) is 5.41. The van der Waals surface area contributed by atoms with Crippen molar-refractivity contribution >= 4 is 39.9 Å². The summed E-state index contributed by atoms with van der Waals surface area (Å²) in [5, 5.41) is 3.79. The van der Waals surface area contributed by atoms with Gasteiger partial charge >= 0.3 is 0 Å². The largest absolute Gasteiger partial charge is 0.338 e. The number of hydrogen-bond acceptors (Lipinski definition) is 3. The molecule has 1 aliphatic heterocycles. The Kier molecular flexibility index (Phi) is 4.70. The first-order chi connectivity index (χ1) is 13.9. The number of anilines is 2. The Morgan fingerprint density at radius 1 is 1.10 bits per heavy atom. The molecule has 2 heterocycles. The summed E-state index contributed by atoms with van der Waals surface area (Å²) in [6, 6.07) is 12.8. The molecule has 0 unspecified atom stereocenters. The Balaban J connectivity index is 1.83. The molecule has 0 aliphatic carbocycles. The minimum atomic E-state index is -0.309. The van der Waals surface area contributed by atoms with E-state index in [4.69, 9.17) is 0 Å². The van der Waals surface area contributed by atoms with Gasteiger partial charge in [-0.25, -0.2) is 0 Å². The number of carbonyl (C=O) groups excluding carboxylic acids is 3. The molecule has 0 radical (unpaired) electrons. The fraction of sp³-hybridized carbons (Fsp3) is 0.261. The molecule has 6 nitrogen and oxygen atoms in total. The number of ketones is 1. The highest BCUT2D eigenvalue weighted by Gasteiger charge is 2.31. The van der Waals surface area contributed by atoms with E-state index in [1.54, 1.807) is 29.2 Å². The van der Waals surface area contributed by atoms with Gasteiger partial charge in [-0.3, -0.25) is 14.4 Å². The van der Waals surface area contributed by atoms with Crippen LogP contribution in [0.1, 0.15) is 46.2 Å². The number of fused-ring (bicyclic) bond motifs is 1. The van der Waals surface area contributed by atoms with Gasteiger partial charge in [0.25, 0.3) is 5.91 Å². The number of carbonyl (C=O) groups is 3. The van der Waals surface area contributed by atoms with Crippen LogP contribution in [0.15, 0.2) is 42.5 Å². The molecule has 1 N–H and O–H groups in total. The van der Waals surface area contributed by atoms with Gasteiger partial charge in [-0.15, -0.1) is 0 Å². The van der Waals surface area contributed by atoms with E-state index in [0.717, 1.165) is 22.9 Å². The van der Waals surface area contributed by atoms with Gasteiger partial charge < -0.3 is 14.8 Å². The Labute approximate surface area is 169 Å². The summed E-state index contributed by atoms with van der Waals surface area (Å²) in [6.45, 7) is 4.09. The third kappa shape index (κ3) is 3.31. The predicted octanol–water partition coefficient (Wildman–Crippen LogP) is 4.07. The third-order valence-corrected chi connectivity index (χ3v) is 5.41. The van der Waals surface area contributed by atoms with Crippen molar-refractivity contribution in [2.45, 2.75) is 26.7 Å². The predicted molar refractivity (Wildman–Crippen MR) is 114 cm³/mol. The van der Waals surface area contributed by atoms with E-state index in [9.17, 15) is 14.4 Å². The van der Waals surface area contributed by atoms with Crippen LogP contribution in [0.3, 0.4) is 0 Å². The lowest BCUT2D eigenvalue weighted by atomic mass is 10.1. The van der Waals surface area contributed by atoms with Gasteiger partial charge in [0.15, 0.2) is 5.78 Å². The molecule has 4 rings (SSSR count). The molecular weight excluding hydrogens is 366 g/mol. The quantitative estimate of drug-likeness (QED) is 0.684. The lowest BCUT2D eigenvalue weighted by molar-refractivity contribution is -0.117. The van der Waals surface area contributed by atoms with E-state index in [0.29, 0.717) is 35.6 Å². The maximum absolute atomic E-state index is 13.3. The smallest absolute Gasteiger partial charge is 0.274 e. The average molecular weight is 389 g/mol. The number of Topliss-reactive ketones (excluding diaryl/α,β-unsaturated/α-hetero) is 1. The highest BCUT2D eigenvalue weighted by Crippen LogP contribution is 2.37. The van der Waals surface area contributed by atoms with Crippen LogP contribution in [0.4, 0.5) is 11.4 Å². The fourth-order valence-corrected chi connectivity index (χ4v) is 3.96. The highest BCUT2D eigenvalue weighted by atomic mass is 16.2. The first-order valence-electron chi connectivity index (χ1n) is 9.68. The summed E-state index contributed by atoms with van der Waals surface area (Å²) in [6.07, 6.45) is 1.27. The molecule has 29 heavy (non-hydrogen) atoms. The van der Waals surface area contributed by atoms with Crippen LogP contribution < -0.4 is 10.2 Å². The second kappa shape index (κ2) is 7.20. The second-order valence-electron chi connectivity index (χ2n) is 7.52. The molecule has 0 atom stereocenters. The molecule has 148 valence electrons. The molecule has 0 saturated carbocycles. The standard InChI is InChI=1S/C23H23N3O3/c1-14-9-10-19-18(12-14)21(26-11-5-8-20(26)28)22(25(19)3)23(29)24-17-7-4-6-16(13-17)15(2)27/h4,6-7,9-10,12-13H,5,8,11H2,1-3H3,(H,24,29). The summed E-state index contributed by atoms with van der Waals surface area (Å²) in [4.78, 5) is 39.2. The topological polar surface area (TPSA) is 71.4 Å². The van der Waals surface area contributed by atoms with Crippen molar-refractivity contribution in [2.75, 3.05) is 16.8 Å². The summed E-state index contributed by atoms with van der Waals surface area (Å²) in [5.74, 6) is -0.340. The van der Waals surface area contributed by atoms with Crippen molar-refractivity contribution in [3.05, 3.63) is 59.3 Å². The van der Waals surface area contributed by atoms with Crippen molar-refractivity contribution in [1.29, 1.82) is 0 Å². The molecule has 6 heteroatoms. The number of aromatic nitrogens is 1. The maximum Gasteiger partial charge on any atom is 0.274 e. The number of aryl methyl sites for hydroxylation is 2. The summed E-state index contributed by atoms with van der Waals surface area (Å²) in [5.41, 5.74) is 4.14. The average Bonchev–Trinajstić information content (AvgIpc) is 3.22. The highest BCUT2D eigenvalue weighted by molar-refractivity contribution is 6.17. The molecule has 1 aliphatic rings. The lowest BCUT2D eigenvalue weighted by Gasteiger charge is -2.18. The van der Waals surface area contributed by atoms with Crippen LogP contribution in [-0.4, -0.2) is 28.7 Å². The summed E-state index contributed by atoms with van der Waals surface area (Å²) < 4.78 is 1.83. The van der Waals surface area contributed by atoms with Crippen LogP contribution >= 0.6 is 0 Å². The van der Waals surface area contributed by atoms with Crippen LogP contribution in [-0.2, 0) is 11.8 Å². The van der Waals surface area contributed by atoms with Gasteiger partial charge in [-0.2, -0.15) is 0 Å². The number of benzene rings is 2. The first-order valence-corrected chi connectivity index (χ1v) is 9.68. The van der Waals surface area contributed by atoms with Crippen LogP contribution in [0.25, 0.3) is 10.9 Å². The zero-order valence-corrected chi connectivity index (χ0v) is 16.8. The van der Waals surface area contributed by atoms with E-state index in [1.165, 1.54) is 6.92 Å². The van der Waals surface area contributed by atoms with Gasteiger partial charge in [-0.05, 0) is 44.5 Å². The fourth-order valence-electron chi connectivity index (χ4n) is 3.96. The van der Waals surface area contributed by atoms with E-state index in [2.05, 4.69) is 5.32 Å². The van der Waals surface area contributed by atoms with Crippen molar-refractivity contribution < 1.29 is 14.4 Å². The van der Waals surface area contributed by atoms with E-state index >= 15 is 0 Å². The van der Waals surface area contributed by atoms with Crippen molar-refractivity contribution in [3.63, 3.8) is 0 Å². The van der Waals surface area contributed by atoms with Gasteiger partial charge in [0.2, 0.25) is 5.91 Å². The van der Waals surface area contributed by atoms with Gasteiger partial charge in [0.1, 0.15) is 5.69 Å². The van der Waals surface area contributed by atoms with E-state index in [-0.39, 0.29) is 17.6 Å². The molecule has 2 amide bonds. The van der Waals surface area contributed by atoms with Gasteiger partial charge in [0.05, 0.1) is 11.2 Å². The van der Waals surface area contributed by atoms with Gasteiger partial charge in [-0.1, -0.05) is 23.8 Å². The first kappa shape index (κ1) is 18.9. The number of hydrogen-bond donors (Lipinski definition) is 1. The zero-order valence-electron chi connectivity index (χ0n) is 16.8. The molecule has 1 fully saturated rings. The second-order valence-corrected chi connectivity index (χ2v) is 7.52. The maximum atomic E-state index is 13.3. The monoisotopic (exact) mass is 389 g/mol. The normalized spacial score (nSPS) is 13.9. The van der Waals surface area contributed by atoms with E-state index in [1.807, 2.05) is 36.7 Å². The minimum Gasteiger partial charge on any atom is -0.338 e. The molecule has 0 spiro atoms. The summed E-state index contributed by atoms with van der Waals surface area (Å²) in [7, 11) is 1.84. The van der Waals surface area contributed by atoms with Crippen LogP contribution in [0.2, 0.25) is 0 Å². The molecule has 0 bridgehead atoms. The molecule has 3 aromatic rings. The number of rotatable bonds is 4.